The highest BCUT2D eigenvalue weighted by atomic mass is 14.5. The summed E-state index contributed by atoms with van der Waals surface area (Å²) in [5.41, 5.74) is 6.83. The predicted octanol–water partition coefficient (Wildman–Crippen LogP) is 4.17. The molecule has 0 saturated carbocycles. The quantitative estimate of drug-likeness (QED) is 0.783. The average Bonchev–Trinajstić information content (AvgIpc) is 2.41. The second-order valence-electron chi connectivity index (χ2n) is 3.95. The summed E-state index contributed by atoms with van der Waals surface area (Å²) in [6.07, 6.45) is 31.2. The SMILES string of the molecule is NCCC1=C/C=C\C=C/C=C\C=C/C=C\C=C/C=C\1. The van der Waals surface area contributed by atoms with Gasteiger partial charge in [-0.1, -0.05) is 91.1 Å². The average molecular weight is 251 g/mol. The summed E-state index contributed by atoms with van der Waals surface area (Å²) in [7, 11) is 0. The lowest BCUT2D eigenvalue weighted by molar-refractivity contribution is 0.973. The van der Waals surface area contributed by atoms with Crippen molar-refractivity contribution in [2.45, 2.75) is 6.42 Å². The molecule has 1 nitrogen and oxygen atoms in total. The Kier molecular flexibility index (Phi) is 8.65. The van der Waals surface area contributed by atoms with E-state index in [4.69, 9.17) is 5.73 Å². The third kappa shape index (κ3) is 8.58. The van der Waals surface area contributed by atoms with Gasteiger partial charge in [-0.2, -0.15) is 0 Å². The van der Waals surface area contributed by atoms with Gasteiger partial charge in [0.25, 0.3) is 0 Å². The molecule has 1 rings (SSSR count). The van der Waals surface area contributed by atoms with E-state index in [9.17, 15) is 0 Å². The smallest absolute Gasteiger partial charge is 0.00367 e. The minimum Gasteiger partial charge on any atom is -0.330 e. The Hall–Kier alpha value is -2.12. The summed E-state index contributed by atoms with van der Waals surface area (Å²) in [6, 6.07) is 0. The van der Waals surface area contributed by atoms with E-state index in [0.29, 0.717) is 6.54 Å². The van der Waals surface area contributed by atoms with Crippen molar-refractivity contribution in [1.82, 2.24) is 0 Å². The lowest BCUT2D eigenvalue weighted by Crippen LogP contribution is -1.98. The maximum absolute atomic E-state index is 5.60. The molecule has 1 aliphatic rings. The topological polar surface area (TPSA) is 26.0 Å². The van der Waals surface area contributed by atoms with E-state index in [2.05, 4.69) is 12.2 Å². The Bertz CT molecular complexity index is 466. The highest BCUT2D eigenvalue weighted by molar-refractivity contribution is 5.29. The van der Waals surface area contributed by atoms with Crippen LogP contribution >= 0.6 is 0 Å². The van der Waals surface area contributed by atoms with Crippen LogP contribution in [0.2, 0.25) is 0 Å². The largest absolute Gasteiger partial charge is 0.330 e. The zero-order chi connectivity index (χ0) is 13.6. The van der Waals surface area contributed by atoms with Gasteiger partial charge in [0.2, 0.25) is 0 Å². The Morgan fingerprint density at radius 3 is 1.47 bits per heavy atom. The molecule has 0 fully saturated rings. The van der Waals surface area contributed by atoms with Crippen LogP contribution in [0.3, 0.4) is 0 Å². The zero-order valence-corrected chi connectivity index (χ0v) is 11.2. The van der Waals surface area contributed by atoms with Gasteiger partial charge in [0.05, 0.1) is 0 Å². The molecular weight excluding hydrogens is 230 g/mol. The number of hydrogen-bond donors (Lipinski definition) is 1. The summed E-state index contributed by atoms with van der Waals surface area (Å²) in [5, 5.41) is 0. The van der Waals surface area contributed by atoms with Gasteiger partial charge in [-0.05, 0) is 18.5 Å². The van der Waals surface area contributed by atoms with Gasteiger partial charge in [-0.25, -0.2) is 0 Å². The van der Waals surface area contributed by atoms with Gasteiger partial charge in [-0.15, -0.1) is 0 Å². The molecular formula is C18H21N. The van der Waals surface area contributed by atoms with E-state index in [0.717, 1.165) is 6.42 Å². The molecule has 1 aliphatic carbocycles. The molecule has 0 aromatic rings. The van der Waals surface area contributed by atoms with Crippen molar-refractivity contribution in [3.8, 4) is 0 Å². The second kappa shape index (κ2) is 11.0. The fourth-order valence-electron chi connectivity index (χ4n) is 1.45. The first-order valence-corrected chi connectivity index (χ1v) is 6.51. The zero-order valence-electron chi connectivity index (χ0n) is 11.2. The predicted molar refractivity (Wildman–Crippen MR) is 85.7 cm³/mol. The van der Waals surface area contributed by atoms with Gasteiger partial charge in [0.1, 0.15) is 0 Å². The first-order valence-electron chi connectivity index (χ1n) is 6.51. The number of hydrogen-bond acceptors (Lipinski definition) is 1. The van der Waals surface area contributed by atoms with Crippen molar-refractivity contribution in [2.24, 2.45) is 5.73 Å². The summed E-state index contributed by atoms with van der Waals surface area (Å²) in [6.45, 7) is 0.664. The summed E-state index contributed by atoms with van der Waals surface area (Å²) in [4.78, 5) is 0. The van der Waals surface area contributed by atoms with E-state index in [-0.39, 0.29) is 0 Å². The number of rotatable bonds is 2. The standard InChI is InChI=1S/C18H21N/c19-17-16-18-14-12-10-8-6-4-2-1-3-5-7-9-11-13-15-18/h1-15H,16-17,19H2/b2-1-,3-1?,4-2?,5-3-,6-4-,7-5?,8-6?,9-7-,10-8-,11-9?,12-10?,13-11-,14-12-,15-13?,18-14?,18-15+. The van der Waals surface area contributed by atoms with E-state index in [1.165, 1.54) is 5.57 Å². The fraction of sp³-hybridized carbons (Fsp3) is 0.111. The van der Waals surface area contributed by atoms with Crippen molar-refractivity contribution in [3.63, 3.8) is 0 Å². The monoisotopic (exact) mass is 251 g/mol. The van der Waals surface area contributed by atoms with Crippen molar-refractivity contribution < 1.29 is 0 Å². The molecule has 19 heavy (non-hydrogen) atoms. The van der Waals surface area contributed by atoms with Crippen LogP contribution < -0.4 is 5.73 Å². The summed E-state index contributed by atoms with van der Waals surface area (Å²) >= 11 is 0. The highest BCUT2D eigenvalue weighted by Crippen LogP contribution is 2.03. The van der Waals surface area contributed by atoms with Gasteiger partial charge in [-0.3, -0.25) is 0 Å². The molecule has 1 heteroatoms. The Balaban J connectivity index is 2.82. The van der Waals surface area contributed by atoms with Crippen LogP contribution in [-0.2, 0) is 0 Å². The van der Waals surface area contributed by atoms with Crippen molar-refractivity contribution in [2.75, 3.05) is 6.54 Å². The van der Waals surface area contributed by atoms with Gasteiger partial charge in [0, 0.05) is 0 Å². The Morgan fingerprint density at radius 2 is 1.00 bits per heavy atom. The van der Waals surface area contributed by atoms with Crippen LogP contribution in [0, 0.1) is 0 Å². The van der Waals surface area contributed by atoms with Gasteiger partial charge < -0.3 is 5.73 Å². The van der Waals surface area contributed by atoms with E-state index in [1.54, 1.807) is 0 Å². The maximum atomic E-state index is 5.60. The van der Waals surface area contributed by atoms with Crippen molar-refractivity contribution >= 4 is 0 Å². The lowest BCUT2D eigenvalue weighted by Gasteiger charge is -1.96. The van der Waals surface area contributed by atoms with E-state index >= 15 is 0 Å². The third-order valence-electron chi connectivity index (χ3n) is 2.39. The first-order chi connectivity index (χ1) is 9.43. The molecule has 0 aliphatic heterocycles. The molecule has 0 saturated heterocycles. The fourth-order valence-corrected chi connectivity index (χ4v) is 1.45. The minimum absolute atomic E-state index is 0.664. The number of allylic oxidation sites excluding steroid dienone is 15. The van der Waals surface area contributed by atoms with Gasteiger partial charge in [0.15, 0.2) is 0 Å². The molecule has 98 valence electrons. The highest BCUT2D eigenvalue weighted by Gasteiger charge is 1.87. The molecule has 0 spiro atoms. The van der Waals surface area contributed by atoms with Crippen molar-refractivity contribution in [1.29, 1.82) is 0 Å². The molecule has 0 amide bonds. The molecule has 0 aromatic heterocycles. The van der Waals surface area contributed by atoms with Crippen LogP contribution in [0.25, 0.3) is 0 Å². The molecule has 0 radical (unpaired) electrons. The minimum atomic E-state index is 0.664. The molecule has 0 heterocycles. The second-order valence-corrected chi connectivity index (χ2v) is 3.95. The molecule has 0 unspecified atom stereocenters. The lowest BCUT2D eigenvalue weighted by atomic mass is 10.1. The Labute approximate surface area is 116 Å². The van der Waals surface area contributed by atoms with Crippen molar-refractivity contribution in [3.05, 3.63) is 96.7 Å². The summed E-state index contributed by atoms with van der Waals surface area (Å²) in [5.74, 6) is 0. The van der Waals surface area contributed by atoms with Crippen LogP contribution in [0.1, 0.15) is 6.42 Å². The Morgan fingerprint density at radius 1 is 0.579 bits per heavy atom. The molecule has 2 N–H and O–H groups in total. The van der Waals surface area contributed by atoms with Gasteiger partial charge >= 0.3 is 0 Å². The van der Waals surface area contributed by atoms with Crippen LogP contribution in [0.5, 0.6) is 0 Å². The summed E-state index contributed by atoms with van der Waals surface area (Å²) < 4.78 is 0. The van der Waals surface area contributed by atoms with Crippen LogP contribution in [0.15, 0.2) is 96.7 Å². The number of nitrogens with two attached hydrogens (primary N) is 1. The van der Waals surface area contributed by atoms with Crippen LogP contribution in [0.4, 0.5) is 0 Å². The van der Waals surface area contributed by atoms with E-state index in [1.807, 2.05) is 79.0 Å². The maximum Gasteiger partial charge on any atom is -0.00367 e. The van der Waals surface area contributed by atoms with Crippen LogP contribution in [-0.4, -0.2) is 6.54 Å². The third-order valence-corrected chi connectivity index (χ3v) is 2.39. The molecule has 0 aromatic carbocycles. The molecule has 0 atom stereocenters. The normalized spacial score (nSPS) is 30.5. The van der Waals surface area contributed by atoms with E-state index < -0.39 is 0 Å². The molecule has 0 bridgehead atoms. The first kappa shape index (κ1) is 14.9.